The molecule has 0 amide bonds. The molecule has 0 bridgehead atoms. The summed E-state index contributed by atoms with van der Waals surface area (Å²) >= 11 is 0. The smallest absolute Gasteiger partial charge is 0.136 e. The fraction of sp³-hybridized carbons (Fsp3) is 0.471. The van der Waals surface area contributed by atoms with Gasteiger partial charge in [0.15, 0.2) is 0 Å². The summed E-state index contributed by atoms with van der Waals surface area (Å²) in [6, 6.07) is 10.7. The Morgan fingerprint density at radius 1 is 1.38 bits per heavy atom. The predicted molar refractivity (Wildman–Crippen MR) is 86.8 cm³/mol. The Labute approximate surface area is 126 Å². The van der Waals surface area contributed by atoms with E-state index < -0.39 is 0 Å². The molecule has 1 aliphatic rings. The third-order valence-corrected chi connectivity index (χ3v) is 3.87. The molecule has 2 aromatic rings. The first-order valence-electron chi connectivity index (χ1n) is 7.74. The van der Waals surface area contributed by atoms with Crippen LogP contribution in [0.4, 0.5) is 5.82 Å². The second kappa shape index (κ2) is 6.41. The SMILES string of the molecule is CCNCc1cc2ccccc2c(N2CCOC(C)C2)n1. The van der Waals surface area contributed by atoms with Crippen LogP contribution in [0.25, 0.3) is 10.8 Å². The second-order valence-electron chi connectivity index (χ2n) is 5.57. The van der Waals surface area contributed by atoms with Crippen molar-refractivity contribution in [3.05, 3.63) is 36.0 Å². The molecule has 0 spiro atoms. The van der Waals surface area contributed by atoms with Gasteiger partial charge < -0.3 is 15.0 Å². The predicted octanol–water partition coefficient (Wildman–Crippen LogP) is 2.57. The third kappa shape index (κ3) is 3.17. The van der Waals surface area contributed by atoms with Crippen LogP contribution >= 0.6 is 0 Å². The summed E-state index contributed by atoms with van der Waals surface area (Å²) in [5, 5.41) is 5.85. The highest BCUT2D eigenvalue weighted by atomic mass is 16.5. The lowest BCUT2D eigenvalue weighted by molar-refractivity contribution is 0.0530. The van der Waals surface area contributed by atoms with Crippen molar-refractivity contribution >= 4 is 16.6 Å². The zero-order chi connectivity index (χ0) is 14.7. The number of aromatic nitrogens is 1. The molecule has 1 saturated heterocycles. The number of morpholine rings is 1. The van der Waals surface area contributed by atoms with Crippen LogP contribution in [0.3, 0.4) is 0 Å². The standard InChI is InChI=1S/C17H23N3O/c1-3-18-11-15-10-14-6-4-5-7-16(14)17(19-15)20-8-9-21-13(2)12-20/h4-7,10,13,18H,3,8-9,11-12H2,1-2H3. The molecule has 0 saturated carbocycles. The highest BCUT2D eigenvalue weighted by Gasteiger charge is 2.20. The van der Waals surface area contributed by atoms with Gasteiger partial charge in [0, 0.05) is 25.0 Å². The van der Waals surface area contributed by atoms with Crippen LogP contribution in [0.1, 0.15) is 19.5 Å². The number of hydrogen-bond donors (Lipinski definition) is 1. The topological polar surface area (TPSA) is 37.4 Å². The molecular weight excluding hydrogens is 262 g/mol. The number of pyridine rings is 1. The molecule has 2 heterocycles. The van der Waals surface area contributed by atoms with Gasteiger partial charge in [-0.2, -0.15) is 0 Å². The van der Waals surface area contributed by atoms with Gasteiger partial charge in [0.1, 0.15) is 5.82 Å². The zero-order valence-corrected chi connectivity index (χ0v) is 12.8. The van der Waals surface area contributed by atoms with Crippen LogP contribution in [-0.4, -0.2) is 37.3 Å². The van der Waals surface area contributed by atoms with Crippen LogP contribution in [0.5, 0.6) is 0 Å². The Bertz CT molecular complexity index is 614. The van der Waals surface area contributed by atoms with E-state index in [9.17, 15) is 0 Å². The van der Waals surface area contributed by atoms with Gasteiger partial charge in [0.05, 0.1) is 18.4 Å². The molecule has 1 aromatic carbocycles. The van der Waals surface area contributed by atoms with Gasteiger partial charge in [-0.25, -0.2) is 4.98 Å². The highest BCUT2D eigenvalue weighted by molar-refractivity contribution is 5.92. The third-order valence-electron chi connectivity index (χ3n) is 3.87. The first-order chi connectivity index (χ1) is 10.3. The molecular formula is C17H23N3O. The number of anilines is 1. The van der Waals surface area contributed by atoms with Gasteiger partial charge in [-0.1, -0.05) is 31.2 Å². The Hall–Kier alpha value is -1.65. The minimum Gasteiger partial charge on any atom is -0.375 e. The molecule has 3 rings (SSSR count). The molecule has 1 unspecified atom stereocenters. The van der Waals surface area contributed by atoms with Crippen molar-refractivity contribution in [2.75, 3.05) is 31.1 Å². The lowest BCUT2D eigenvalue weighted by Gasteiger charge is -2.33. The lowest BCUT2D eigenvalue weighted by atomic mass is 10.1. The van der Waals surface area contributed by atoms with E-state index in [0.717, 1.165) is 44.3 Å². The Kier molecular flexibility index (Phi) is 4.36. The fourth-order valence-corrected chi connectivity index (χ4v) is 2.83. The molecule has 0 aliphatic carbocycles. The molecule has 21 heavy (non-hydrogen) atoms. The Balaban J connectivity index is 2.01. The Morgan fingerprint density at radius 2 is 2.24 bits per heavy atom. The van der Waals surface area contributed by atoms with Gasteiger partial charge in [-0.15, -0.1) is 0 Å². The highest BCUT2D eigenvalue weighted by Crippen LogP contribution is 2.27. The average Bonchev–Trinajstić information content (AvgIpc) is 2.52. The number of fused-ring (bicyclic) bond motifs is 1. The van der Waals surface area contributed by atoms with Crippen molar-refractivity contribution in [2.24, 2.45) is 0 Å². The van der Waals surface area contributed by atoms with Crippen LogP contribution in [0.2, 0.25) is 0 Å². The van der Waals surface area contributed by atoms with Crippen LogP contribution in [0.15, 0.2) is 30.3 Å². The molecule has 4 heteroatoms. The van der Waals surface area contributed by atoms with E-state index in [2.05, 4.69) is 54.4 Å². The summed E-state index contributed by atoms with van der Waals surface area (Å²) in [5.41, 5.74) is 1.10. The first kappa shape index (κ1) is 14.3. The molecule has 0 radical (unpaired) electrons. The van der Waals surface area contributed by atoms with Crippen molar-refractivity contribution < 1.29 is 4.74 Å². The quantitative estimate of drug-likeness (QED) is 0.937. The number of hydrogen-bond acceptors (Lipinski definition) is 4. The number of nitrogens with zero attached hydrogens (tertiary/aromatic N) is 2. The molecule has 1 fully saturated rings. The van der Waals surface area contributed by atoms with E-state index in [-0.39, 0.29) is 6.10 Å². The van der Waals surface area contributed by atoms with E-state index in [1.54, 1.807) is 0 Å². The van der Waals surface area contributed by atoms with Crippen molar-refractivity contribution in [3.8, 4) is 0 Å². The van der Waals surface area contributed by atoms with Crippen molar-refractivity contribution in [1.29, 1.82) is 0 Å². The van der Waals surface area contributed by atoms with Gasteiger partial charge >= 0.3 is 0 Å². The molecule has 1 atom stereocenters. The van der Waals surface area contributed by atoms with Gasteiger partial charge in [0.25, 0.3) is 0 Å². The largest absolute Gasteiger partial charge is 0.375 e. The summed E-state index contributed by atoms with van der Waals surface area (Å²) in [6.45, 7) is 8.59. The van der Waals surface area contributed by atoms with E-state index >= 15 is 0 Å². The van der Waals surface area contributed by atoms with Crippen molar-refractivity contribution in [3.63, 3.8) is 0 Å². The number of nitrogens with one attached hydrogen (secondary N) is 1. The van der Waals surface area contributed by atoms with E-state index in [1.807, 2.05) is 0 Å². The normalized spacial score (nSPS) is 19.1. The average molecular weight is 285 g/mol. The summed E-state index contributed by atoms with van der Waals surface area (Å²) in [6.07, 6.45) is 0.261. The monoisotopic (exact) mass is 285 g/mol. The number of benzene rings is 1. The maximum absolute atomic E-state index is 5.65. The summed E-state index contributed by atoms with van der Waals surface area (Å²) in [7, 11) is 0. The lowest BCUT2D eigenvalue weighted by Crippen LogP contribution is -2.41. The van der Waals surface area contributed by atoms with Crippen molar-refractivity contribution in [2.45, 2.75) is 26.5 Å². The maximum atomic E-state index is 5.65. The molecule has 112 valence electrons. The summed E-state index contributed by atoms with van der Waals surface area (Å²) in [5.74, 6) is 1.09. The van der Waals surface area contributed by atoms with Gasteiger partial charge in [0.2, 0.25) is 0 Å². The second-order valence-corrected chi connectivity index (χ2v) is 5.57. The van der Waals surface area contributed by atoms with Crippen molar-refractivity contribution in [1.82, 2.24) is 10.3 Å². The summed E-state index contributed by atoms with van der Waals surface area (Å²) in [4.78, 5) is 7.26. The van der Waals surface area contributed by atoms with Gasteiger partial charge in [-0.05, 0) is 24.9 Å². The molecule has 1 N–H and O–H groups in total. The van der Waals surface area contributed by atoms with E-state index in [0.29, 0.717) is 0 Å². The molecule has 1 aromatic heterocycles. The zero-order valence-electron chi connectivity index (χ0n) is 12.8. The van der Waals surface area contributed by atoms with E-state index in [4.69, 9.17) is 9.72 Å². The van der Waals surface area contributed by atoms with Crippen LogP contribution in [0, 0.1) is 0 Å². The maximum Gasteiger partial charge on any atom is 0.136 e. The number of ether oxygens (including phenoxy) is 1. The summed E-state index contributed by atoms with van der Waals surface area (Å²) < 4.78 is 5.65. The van der Waals surface area contributed by atoms with Gasteiger partial charge in [-0.3, -0.25) is 0 Å². The molecule has 4 nitrogen and oxygen atoms in total. The van der Waals surface area contributed by atoms with E-state index in [1.165, 1.54) is 10.8 Å². The van der Waals surface area contributed by atoms with Crippen LogP contribution in [-0.2, 0) is 11.3 Å². The minimum absolute atomic E-state index is 0.261. The fourth-order valence-electron chi connectivity index (χ4n) is 2.83. The minimum atomic E-state index is 0.261. The molecule has 1 aliphatic heterocycles. The Morgan fingerprint density at radius 3 is 3.05 bits per heavy atom. The van der Waals surface area contributed by atoms with Crippen LogP contribution < -0.4 is 10.2 Å². The number of rotatable bonds is 4. The first-order valence-corrected chi connectivity index (χ1v) is 7.74.